The van der Waals surface area contributed by atoms with Gasteiger partial charge in [-0.05, 0) is 39.0 Å². The van der Waals surface area contributed by atoms with Crippen LogP contribution in [0.1, 0.15) is 20.8 Å². The molecule has 1 rings (SSSR count). The van der Waals surface area contributed by atoms with E-state index in [1.807, 2.05) is 0 Å². The van der Waals surface area contributed by atoms with E-state index in [0.717, 1.165) is 0 Å². The zero-order valence-corrected chi connectivity index (χ0v) is 10.3. The van der Waals surface area contributed by atoms with E-state index in [0.29, 0.717) is 5.69 Å². The first-order valence-corrected chi connectivity index (χ1v) is 5.21. The van der Waals surface area contributed by atoms with Crippen LogP contribution in [0, 0.1) is 5.82 Å². The van der Waals surface area contributed by atoms with Crippen LogP contribution in [-0.2, 0) is 4.74 Å². The summed E-state index contributed by atoms with van der Waals surface area (Å²) in [6.07, 6.45) is -0.612. The number of carbonyl (C=O) groups is 1. The Balaban J connectivity index is 2.67. The topological polar surface area (TPSA) is 38.3 Å². The predicted molar refractivity (Wildman–Crippen MR) is 63.5 cm³/mol. The lowest BCUT2D eigenvalue weighted by Gasteiger charge is -2.19. The summed E-state index contributed by atoms with van der Waals surface area (Å²) in [5, 5.41) is 2.43. The number of halogens is 1. The normalized spacial score (nSPS) is 11.1. The van der Waals surface area contributed by atoms with Crippen molar-refractivity contribution in [1.29, 1.82) is 0 Å². The first-order valence-electron chi connectivity index (χ1n) is 4.76. The van der Waals surface area contributed by atoms with Gasteiger partial charge in [0.25, 0.3) is 0 Å². The van der Waals surface area contributed by atoms with Gasteiger partial charge in [-0.3, -0.25) is 5.32 Å². The molecular weight excluding hydrogens is 229 g/mol. The molecule has 0 aliphatic rings. The van der Waals surface area contributed by atoms with Crippen LogP contribution in [0.25, 0.3) is 0 Å². The molecule has 3 nitrogen and oxygen atoms in total. The zero-order valence-electron chi connectivity index (χ0n) is 9.37. The van der Waals surface area contributed by atoms with Crippen molar-refractivity contribution in [3.63, 3.8) is 0 Å². The van der Waals surface area contributed by atoms with E-state index in [9.17, 15) is 9.18 Å². The van der Waals surface area contributed by atoms with E-state index < -0.39 is 17.5 Å². The first kappa shape index (κ1) is 12.8. The molecule has 0 unspecified atom stereocenters. The number of thiol groups is 1. The molecular formula is C11H14FNO2S. The Hall–Kier alpha value is -1.23. The summed E-state index contributed by atoms with van der Waals surface area (Å²) in [6, 6.07) is 4.20. The minimum Gasteiger partial charge on any atom is -0.444 e. The molecule has 0 fully saturated rings. The fourth-order valence-corrected chi connectivity index (χ4v) is 1.15. The summed E-state index contributed by atoms with van der Waals surface area (Å²) in [7, 11) is 0. The molecule has 0 atom stereocenters. The minimum atomic E-state index is -0.612. The summed E-state index contributed by atoms with van der Waals surface area (Å²) in [5.74, 6) is -0.489. The Morgan fingerprint density at radius 1 is 1.44 bits per heavy atom. The van der Waals surface area contributed by atoms with Crippen molar-refractivity contribution in [2.24, 2.45) is 0 Å². The largest absolute Gasteiger partial charge is 0.444 e. The average molecular weight is 243 g/mol. The molecule has 1 amide bonds. The predicted octanol–water partition coefficient (Wildman–Crippen LogP) is 3.46. The summed E-state index contributed by atoms with van der Waals surface area (Å²) in [5.41, 5.74) is -0.240. The summed E-state index contributed by atoms with van der Waals surface area (Å²) < 4.78 is 18.1. The number of benzene rings is 1. The van der Waals surface area contributed by atoms with Gasteiger partial charge in [0.15, 0.2) is 0 Å². The number of hydrogen-bond acceptors (Lipinski definition) is 3. The molecule has 1 aromatic rings. The SMILES string of the molecule is CC(C)(C)OC(=O)Nc1ccc(S)c(F)c1. The number of ether oxygens (including phenoxy) is 1. The lowest BCUT2D eigenvalue weighted by atomic mass is 10.2. The molecule has 1 N–H and O–H groups in total. The summed E-state index contributed by atoms with van der Waals surface area (Å²) >= 11 is 3.89. The van der Waals surface area contributed by atoms with Gasteiger partial charge in [-0.1, -0.05) is 0 Å². The van der Waals surface area contributed by atoms with Gasteiger partial charge in [0.1, 0.15) is 11.4 Å². The minimum absolute atomic E-state index is 0.231. The third-order valence-corrected chi connectivity index (χ3v) is 1.96. The van der Waals surface area contributed by atoms with Crippen LogP contribution < -0.4 is 5.32 Å². The Labute approximate surface area is 99.4 Å². The Kier molecular flexibility index (Phi) is 3.80. The Morgan fingerprint density at radius 3 is 2.56 bits per heavy atom. The molecule has 0 aliphatic carbocycles. The van der Waals surface area contributed by atoms with E-state index in [1.165, 1.54) is 12.1 Å². The van der Waals surface area contributed by atoms with Crippen LogP contribution in [0.15, 0.2) is 23.1 Å². The molecule has 88 valence electrons. The number of hydrogen-bond donors (Lipinski definition) is 2. The van der Waals surface area contributed by atoms with Crippen molar-refractivity contribution in [2.45, 2.75) is 31.3 Å². The maximum atomic E-state index is 13.1. The van der Waals surface area contributed by atoms with E-state index in [4.69, 9.17) is 4.74 Å². The molecule has 5 heteroatoms. The number of amides is 1. The van der Waals surface area contributed by atoms with E-state index in [-0.39, 0.29) is 4.90 Å². The van der Waals surface area contributed by atoms with Crippen LogP contribution in [0.5, 0.6) is 0 Å². The van der Waals surface area contributed by atoms with Gasteiger partial charge < -0.3 is 4.74 Å². The van der Waals surface area contributed by atoms with Crippen LogP contribution >= 0.6 is 12.6 Å². The van der Waals surface area contributed by atoms with Gasteiger partial charge in [-0.2, -0.15) is 0 Å². The van der Waals surface area contributed by atoms with Crippen molar-refractivity contribution in [3.8, 4) is 0 Å². The maximum absolute atomic E-state index is 13.1. The highest BCUT2D eigenvalue weighted by Gasteiger charge is 2.16. The van der Waals surface area contributed by atoms with E-state index in [1.54, 1.807) is 26.8 Å². The average Bonchev–Trinajstić information content (AvgIpc) is 2.08. The summed E-state index contributed by atoms with van der Waals surface area (Å²) in [6.45, 7) is 5.26. The van der Waals surface area contributed by atoms with Gasteiger partial charge in [-0.25, -0.2) is 9.18 Å². The van der Waals surface area contributed by atoms with Crippen LogP contribution in [0.2, 0.25) is 0 Å². The number of anilines is 1. The molecule has 0 saturated carbocycles. The molecule has 0 aliphatic heterocycles. The van der Waals surface area contributed by atoms with Crippen molar-refractivity contribution >= 4 is 24.4 Å². The molecule has 16 heavy (non-hydrogen) atoms. The van der Waals surface area contributed by atoms with Crippen LogP contribution in [0.4, 0.5) is 14.9 Å². The van der Waals surface area contributed by atoms with Gasteiger partial charge in [0.05, 0.1) is 0 Å². The van der Waals surface area contributed by atoms with Crippen molar-refractivity contribution in [2.75, 3.05) is 5.32 Å². The highest BCUT2D eigenvalue weighted by atomic mass is 32.1. The molecule has 0 radical (unpaired) electrons. The molecule has 0 spiro atoms. The fourth-order valence-electron chi connectivity index (χ4n) is 1.01. The zero-order chi connectivity index (χ0) is 12.3. The summed E-state index contributed by atoms with van der Waals surface area (Å²) in [4.78, 5) is 11.6. The lowest BCUT2D eigenvalue weighted by molar-refractivity contribution is 0.0636. The fraction of sp³-hybridized carbons (Fsp3) is 0.364. The van der Waals surface area contributed by atoms with Gasteiger partial charge in [0.2, 0.25) is 0 Å². The third kappa shape index (κ3) is 4.10. The smallest absolute Gasteiger partial charge is 0.412 e. The second-order valence-corrected chi connectivity index (χ2v) is 4.77. The van der Waals surface area contributed by atoms with Crippen molar-refractivity contribution in [1.82, 2.24) is 0 Å². The number of carbonyl (C=O) groups excluding carboxylic acids is 1. The van der Waals surface area contributed by atoms with Crippen LogP contribution in [0.3, 0.4) is 0 Å². The Bertz CT molecular complexity index is 401. The third-order valence-electron chi connectivity index (χ3n) is 1.59. The van der Waals surface area contributed by atoms with Gasteiger partial charge in [0, 0.05) is 10.6 Å². The maximum Gasteiger partial charge on any atom is 0.412 e. The molecule has 1 aromatic carbocycles. The van der Waals surface area contributed by atoms with E-state index >= 15 is 0 Å². The first-order chi connectivity index (χ1) is 7.28. The quantitative estimate of drug-likeness (QED) is 0.741. The monoisotopic (exact) mass is 243 g/mol. The lowest BCUT2D eigenvalue weighted by Crippen LogP contribution is -2.27. The number of nitrogens with one attached hydrogen (secondary N) is 1. The molecule has 0 saturated heterocycles. The highest BCUT2D eigenvalue weighted by Crippen LogP contribution is 2.18. The molecule has 0 bridgehead atoms. The number of rotatable bonds is 1. The van der Waals surface area contributed by atoms with Crippen LogP contribution in [-0.4, -0.2) is 11.7 Å². The van der Waals surface area contributed by atoms with E-state index in [2.05, 4.69) is 17.9 Å². The highest BCUT2D eigenvalue weighted by molar-refractivity contribution is 7.80. The van der Waals surface area contributed by atoms with Crippen molar-refractivity contribution in [3.05, 3.63) is 24.0 Å². The molecule has 0 aromatic heterocycles. The molecule has 0 heterocycles. The second kappa shape index (κ2) is 4.74. The van der Waals surface area contributed by atoms with Gasteiger partial charge in [-0.15, -0.1) is 12.6 Å². The standard InChI is InChI=1S/C11H14FNO2S/c1-11(2,3)15-10(14)13-7-4-5-9(16)8(12)6-7/h4-6,16H,1-3H3,(H,13,14). The van der Waals surface area contributed by atoms with Crippen molar-refractivity contribution < 1.29 is 13.9 Å². The second-order valence-electron chi connectivity index (χ2n) is 4.29. The van der Waals surface area contributed by atoms with Gasteiger partial charge >= 0.3 is 6.09 Å². The Morgan fingerprint density at radius 2 is 2.06 bits per heavy atom.